The van der Waals surface area contributed by atoms with Crippen LogP contribution in [0.1, 0.15) is 18.4 Å². The number of carbonyl (C=O) groups is 1. The quantitative estimate of drug-likeness (QED) is 0.676. The van der Waals surface area contributed by atoms with Crippen molar-refractivity contribution in [3.8, 4) is 0 Å². The molecule has 1 heterocycles. The fourth-order valence-corrected chi connectivity index (χ4v) is 2.34. The lowest BCUT2D eigenvalue weighted by atomic mass is 10.1. The van der Waals surface area contributed by atoms with E-state index in [9.17, 15) is 14.9 Å². The Balaban J connectivity index is 0.00000180. The van der Waals surface area contributed by atoms with Gasteiger partial charge in [-0.2, -0.15) is 0 Å². The van der Waals surface area contributed by atoms with Gasteiger partial charge in [0.1, 0.15) is 6.04 Å². The monoisotopic (exact) mass is 286 g/mol. The van der Waals surface area contributed by atoms with Crippen LogP contribution in [0.4, 0.5) is 5.69 Å². The number of carboxylic acid groups (broad SMARTS) is 1. The van der Waals surface area contributed by atoms with Gasteiger partial charge >= 0.3 is 5.97 Å². The van der Waals surface area contributed by atoms with Crippen molar-refractivity contribution in [3.05, 3.63) is 39.9 Å². The number of hydrogen-bond donors (Lipinski definition) is 1. The average molecular weight is 287 g/mol. The number of nitrogens with zero attached hydrogens (tertiary/aromatic N) is 2. The first-order chi connectivity index (χ1) is 8.59. The molecule has 0 bridgehead atoms. The van der Waals surface area contributed by atoms with E-state index in [-0.39, 0.29) is 18.1 Å². The van der Waals surface area contributed by atoms with Crippen molar-refractivity contribution >= 4 is 24.1 Å². The summed E-state index contributed by atoms with van der Waals surface area (Å²) in [6.07, 6.45) is 1.42. The number of likely N-dealkylation sites (tertiary alicyclic amines) is 1. The van der Waals surface area contributed by atoms with Crippen molar-refractivity contribution in [1.29, 1.82) is 0 Å². The molecule has 0 aromatic heterocycles. The first kappa shape index (κ1) is 15.4. The maximum atomic E-state index is 11.0. The SMILES string of the molecule is Cl.O=C(O)C1CCCN1Cc1ccccc1[N+](=O)[O-]. The summed E-state index contributed by atoms with van der Waals surface area (Å²) in [5.41, 5.74) is 0.615. The molecule has 6 nitrogen and oxygen atoms in total. The van der Waals surface area contributed by atoms with E-state index >= 15 is 0 Å². The molecule has 1 aromatic carbocycles. The number of rotatable bonds is 4. The normalized spacial score (nSPS) is 18.8. The van der Waals surface area contributed by atoms with Gasteiger partial charge in [-0.15, -0.1) is 12.4 Å². The molecule has 0 saturated carbocycles. The molecule has 0 amide bonds. The molecule has 1 aromatic rings. The number of benzene rings is 1. The van der Waals surface area contributed by atoms with Gasteiger partial charge in [-0.25, -0.2) is 0 Å². The Morgan fingerprint density at radius 1 is 1.47 bits per heavy atom. The van der Waals surface area contributed by atoms with E-state index < -0.39 is 16.9 Å². The van der Waals surface area contributed by atoms with E-state index in [2.05, 4.69) is 0 Å². The highest BCUT2D eigenvalue weighted by atomic mass is 35.5. The Labute approximate surface area is 116 Å². The predicted octanol–water partition coefficient (Wildman–Crippen LogP) is 2.07. The second-order valence-corrected chi connectivity index (χ2v) is 4.35. The molecule has 1 aliphatic heterocycles. The number of halogens is 1. The second kappa shape index (κ2) is 6.49. The van der Waals surface area contributed by atoms with E-state index in [1.807, 2.05) is 0 Å². The Morgan fingerprint density at radius 3 is 2.79 bits per heavy atom. The zero-order valence-corrected chi connectivity index (χ0v) is 11.0. The topological polar surface area (TPSA) is 83.7 Å². The molecule has 1 aliphatic rings. The summed E-state index contributed by atoms with van der Waals surface area (Å²) in [6, 6.07) is 5.94. The van der Waals surface area contributed by atoms with Crippen LogP contribution in [0, 0.1) is 10.1 Å². The van der Waals surface area contributed by atoms with Crippen LogP contribution in [0.2, 0.25) is 0 Å². The van der Waals surface area contributed by atoms with Crippen molar-refractivity contribution in [2.45, 2.75) is 25.4 Å². The van der Waals surface area contributed by atoms with Crippen molar-refractivity contribution in [2.24, 2.45) is 0 Å². The molecule has 7 heteroatoms. The summed E-state index contributed by atoms with van der Waals surface area (Å²) in [5.74, 6) is -0.855. The average Bonchev–Trinajstić information content (AvgIpc) is 2.77. The number of carboxylic acids is 1. The minimum Gasteiger partial charge on any atom is -0.480 e. The van der Waals surface area contributed by atoms with Crippen LogP contribution in [0.3, 0.4) is 0 Å². The zero-order valence-electron chi connectivity index (χ0n) is 10.2. The largest absolute Gasteiger partial charge is 0.480 e. The smallest absolute Gasteiger partial charge is 0.320 e. The number of nitro groups is 1. The third-order valence-electron chi connectivity index (χ3n) is 3.21. The molecular weight excluding hydrogens is 272 g/mol. The molecule has 1 atom stereocenters. The van der Waals surface area contributed by atoms with Crippen LogP contribution >= 0.6 is 12.4 Å². The molecule has 1 N–H and O–H groups in total. The molecule has 19 heavy (non-hydrogen) atoms. The zero-order chi connectivity index (χ0) is 13.1. The van der Waals surface area contributed by atoms with Crippen LogP contribution in [0.25, 0.3) is 0 Å². The molecule has 1 unspecified atom stereocenters. The highest BCUT2D eigenvalue weighted by Crippen LogP contribution is 2.24. The van der Waals surface area contributed by atoms with Gasteiger partial charge in [0.2, 0.25) is 0 Å². The molecule has 2 rings (SSSR count). The third kappa shape index (κ3) is 3.42. The van der Waals surface area contributed by atoms with Gasteiger partial charge in [0, 0.05) is 18.2 Å². The summed E-state index contributed by atoms with van der Waals surface area (Å²) in [6.45, 7) is 0.983. The minimum atomic E-state index is -0.855. The van der Waals surface area contributed by atoms with Gasteiger partial charge in [0.05, 0.1) is 4.92 Å². The van der Waals surface area contributed by atoms with E-state index in [0.29, 0.717) is 25.1 Å². The lowest BCUT2D eigenvalue weighted by Gasteiger charge is -2.20. The highest BCUT2D eigenvalue weighted by Gasteiger charge is 2.31. The van der Waals surface area contributed by atoms with E-state index in [1.54, 1.807) is 23.1 Å². The Kier molecular flexibility index (Phi) is 5.26. The van der Waals surface area contributed by atoms with Crippen molar-refractivity contribution < 1.29 is 14.8 Å². The maximum Gasteiger partial charge on any atom is 0.320 e. The number of nitro benzene ring substituents is 1. The molecule has 1 saturated heterocycles. The van der Waals surface area contributed by atoms with Crippen molar-refractivity contribution in [2.75, 3.05) is 6.54 Å². The van der Waals surface area contributed by atoms with Crippen LogP contribution in [-0.4, -0.2) is 33.5 Å². The fraction of sp³-hybridized carbons (Fsp3) is 0.417. The summed E-state index contributed by atoms with van der Waals surface area (Å²) < 4.78 is 0. The minimum absolute atomic E-state index is 0. The van der Waals surface area contributed by atoms with Crippen molar-refractivity contribution in [3.63, 3.8) is 0 Å². The van der Waals surface area contributed by atoms with Crippen molar-refractivity contribution in [1.82, 2.24) is 4.90 Å². The fourth-order valence-electron chi connectivity index (χ4n) is 2.34. The van der Waals surface area contributed by atoms with Crippen LogP contribution in [0.15, 0.2) is 24.3 Å². The lowest BCUT2D eigenvalue weighted by Crippen LogP contribution is -2.35. The summed E-state index contributed by atoms with van der Waals surface area (Å²) >= 11 is 0. The molecule has 0 radical (unpaired) electrons. The number of para-hydroxylation sites is 1. The summed E-state index contributed by atoms with van der Waals surface area (Å²) in [7, 11) is 0. The number of aliphatic carboxylic acids is 1. The molecule has 0 spiro atoms. The van der Waals surface area contributed by atoms with Crippen LogP contribution < -0.4 is 0 Å². The predicted molar refractivity (Wildman–Crippen MR) is 71.4 cm³/mol. The molecule has 0 aliphatic carbocycles. The highest BCUT2D eigenvalue weighted by molar-refractivity contribution is 5.85. The van der Waals surface area contributed by atoms with Gasteiger partial charge in [-0.3, -0.25) is 19.8 Å². The Bertz CT molecular complexity index is 481. The van der Waals surface area contributed by atoms with Gasteiger partial charge in [-0.05, 0) is 19.4 Å². The Morgan fingerprint density at radius 2 is 2.16 bits per heavy atom. The van der Waals surface area contributed by atoms with E-state index in [4.69, 9.17) is 5.11 Å². The lowest BCUT2D eigenvalue weighted by molar-refractivity contribution is -0.385. The van der Waals surface area contributed by atoms with E-state index in [1.165, 1.54) is 6.07 Å². The van der Waals surface area contributed by atoms with Gasteiger partial charge in [0.15, 0.2) is 0 Å². The first-order valence-electron chi connectivity index (χ1n) is 5.78. The van der Waals surface area contributed by atoms with E-state index in [0.717, 1.165) is 6.42 Å². The van der Waals surface area contributed by atoms with Crippen LogP contribution in [0.5, 0.6) is 0 Å². The van der Waals surface area contributed by atoms with Crippen LogP contribution in [-0.2, 0) is 11.3 Å². The molecule has 1 fully saturated rings. The summed E-state index contributed by atoms with van der Waals surface area (Å²) in [4.78, 5) is 23.3. The molecule has 104 valence electrons. The maximum absolute atomic E-state index is 11.0. The molecular formula is C12H15ClN2O4. The van der Waals surface area contributed by atoms with Gasteiger partial charge in [-0.1, -0.05) is 18.2 Å². The number of hydrogen-bond acceptors (Lipinski definition) is 4. The second-order valence-electron chi connectivity index (χ2n) is 4.35. The summed E-state index contributed by atoms with van der Waals surface area (Å²) in [5, 5.41) is 19.9. The third-order valence-corrected chi connectivity index (χ3v) is 3.21. The van der Waals surface area contributed by atoms with Gasteiger partial charge in [0.25, 0.3) is 5.69 Å². The Hall–Kier alpha value is -1.66. The first-order valence-corrected chi connectivity index (χ1v) is 5.78. The van der Waals surface area contributed by atoms with Gasteiger partial charge < -0.3 is 5.11 Å². The standard InChI is InChI=1S/C12H14N2O4.ClH/c15-12(16)11-6-3-7-13(11)8-9-4-1-2-5-10(9)14(17)18;/h1-2,4-5,11H,3,6-8H2,(H,15,16);1H.